The van der Waals surface area contributed by atoms with Gasteiger partial charge in [-0.2, -0.15) is 0 Å². The van der Waals surface area contributed by atoms with Crippen molar-refractivity contribution in [3.05, 3.63) is 58.6 Å². The second kappa shape index (κ2) is 8.09. The summed E-state index contributed by atoms with van der Waals surface area (Å²) < 4.78 is 3.66. The lowest BCUT2D eigenvalue weighted by molar-refractivity contribution is 0.102. The zero-order valence-corrected chi connectivity index (χ0v) is 15.6. The first-order valence-corrected chi connectivity index (χ1v) is 8.94. The van der Waals surface area contributed by atoms with Crippen LogP contribution < -0.4 is 21.7 Å². The van der Waals surface area contributed by atoms with Crippen molar-refractivity contribution < 1.29 is 4.79 Å². The lowest BCUT2D eigenvalue weighted by Crippen LogP contribution is -2.19. The van der Waals surface area contributed by atoms with E-state index in [1.54, 1.807) is 47.8 Å². The Morgan fingerprint density at radius 1 is 1.04 bits per heavy atom. The van der Waals surface area contributed by atoms with Crippen LogP contribution in [0.4, 0.5) is 22.7 Å². The molecule has 0 saturated carbocycles. The average molecular weight is 405 g/mol. The molecule has 0 atom stereocenters. The summed E-state index contributed by atoms with van der Waals surface area (Å²) in [5.74, 6) is -0.310. The highest BCUT2D eigenvalue weighted by Gasteiger charge is 2.09. The van der Waals surface area contributed by atoms with E-state index in [4.69, 9.17) is 29.6 Å². The normalized spacial score (nSPS) is 10.2. The number of hydrogen-bond donors (Lipinski definition) is 4. The number of nitrogen functional groups attached to an aromatic ring is 1. The molecule has 1 aromatic heterocycles. The van der Waals surface area contributed by atoms with Crippen molar-refractivity contribution in [2.45, 2.75) is 0 Å². The number of benzene rings is 2. The van der Waals surface area contributed by atoms with E-state index in [0.717, 1.165) is 17.2 Å². The fourth-order valence-electron chi connectivity index (χ4n) is 2.07. The van der Waals surface area contributed by atoms with Gasteiger partial charge in [-0.05, 0) is 66.2 Å². The summed E-state index contributed by atoms with van der Waals surface area (Å²) in [4.78, 5) is 11.9. The number of nitrogens with zero attached hydrogens (tertiary/aromatic N) is 2. The van der Waals surface area contributed by atoms with E-state index < -0.39 is 0 Å². The molecule has 1 amide bonds. The van der Waals surface area contributed by atoms with Gasteiger partial charge in [0, 0.05) is 33.2 Å². The summed E-state index contributed by atoms with van der Waals surface area (Å²) in [5.41, 5.74) is 8.65. The molecule has 0 fully saturated rings. The van der Waals surface area contributed by atoms with Gasteiger partial charge < -0.3 is 21.7 Å². The Labute approximate surface area is 163 Å². The highest BCUT2D eigenvalue weighted by Crippen LogP contribution is 2.21. The van der Waals surface area contributed by atoms with E-state index in [1.165, 1.54) is 0 Å². The predicted octanol–water partition coefficient (Wildman–Crippen LogP) is 3.83. The third-order valence-electron chi connectivity index (χ3n) is 3.17. The van der Waals surface area contributed by atoms with Crippen molar-refractivity contribution in [2.24, 2.45) is 0 Å². The summed E-state index contributed by atoms with van der Waals surface area (Å²) in [6.07, 6.45) is 0. The SMILES string of the molecule is Nc1cc(Cl)cc(NC(=S)Nc2ccc(NC(=O)c3csnn3)cc2)c1. The molecule has 3 rings (SSSR count). The number of halogens is 1. The Bertz CT molecular complexity index is 910. The number of nitrogens with one attached hydrogen (secondary N) is 3. The zero-order valence-electron chi connectivity index (χ0n) is 13.2. The Kier molecular flexibility index (Phi) is 5.61. The maximum atomic E-state index is 11.9. The molecule has 0 aliphatic carbocycles. The number of anilines is 4. The number of aromatic nitrogens is 2. The van der Waals surface area contributed by atoms with E-state index in [0.29, 0.717) is 27.2 Å². The third-order valence-corrected chi connectivity index (χ3v) is 4.10. The maximum Gasteiger partial charge on any atom is 0.277 e. The van der Waals surface area contributed by atoms with E-state index in [-0.39, 0.29) is 11.6 Å². The molecule has 0 saturated heterocycles. The number of carbonyl (C=O) groups is 1. The molecular weight excluding hydrogens is 392 g/mol. The van der Waals surface area contributed by atoms with E-state index >= 15 is 0 Å². The molecule has 0 aliphatic rings. The highest BCUT2D eigenvalue weighted by atomic mass is 35.5. The molecule has 10 heteroatoms. The maximum absolute atomic E-state index is 11.9. The van der Waals surface area contributed by atoms with Crippen molar-refractivity contribution in [3.8, 4) is 0 Å². The minimum atomic E-state index is -0.310. The smallest absolute Gasteiger partial charge is 0.277 e. The summed E-state index contributed by atoms with van der Waals surface area (Å²) in [6, 6.07) is 12.2. The van der Waals surface area contributed by atoms with Gasteiger partial charge in [0.2, 0.25) is 0 Å². The monoisotopic (exact) mass is 404 g/mol. The number of hydrogen-bond acceptors (Lipinski definition) is 6. The second-order valence-corrected chi connectivity index (χ2v) is 6.63. The van der Waals surface area contributed by atoms with Crippen molar-refractivity contribution >= 4 is 69.1 Å². The van der Waals surface area contributed by atoms with E-state index in [9.17, 15) is 4.79 Å². The molecule has 0 spiro atoms. The summed E-state index contributed by atoms with van der Waals surface area (Å²) >= 11 is 12.4. The number of nitrogens with two attached hydrogens (primary N) is 1. The fraction of sp³-hybridized carbons (Fsp3) is 0. The van der Waals surface area contributed by atoms with Crippen molar-refractivity contribution in [1.82, 2.24) is 9.59 Å². The predicted molar refractivity (Wildman–Crippen MR) is 110 cm³/mol. The first-order valence-electron chi connectivity index (χ1n) is 7.32. The fourth-order valence-corrected chi connectivity index (χ4v) is 2.99. The van der Waals surface area contributed by atoms with Crippen LogP contribution in [0, 0.1) is 0 Å². The Balaban J connectivity index is 1.58. The van der Waals surface area contributed by atoms with Crippen molar-refractivity contribution in [3.63, 3.8) is 0 Å². The van der Waals surface area contributed by atoms with Gasteiger partial charge in [-0.15, -0.1) is 5.10 Å². The van der Waals surface area contributed by atoms with Gasteiger partial charge in [0.15, 0.2) is 10.8 Å². The minimum Gasteiger partial charge on any atom is -0.399 e. The van der Waals surface area contributed by atoms with Crippen molar-refractivity contribution in [2.75, 3.05) is 21.7 Å². The van der Waals surface area contributed by atoms with Crippen LogP contribution in [0.1, 0.15) is 10.5 Å². The first kappa shape index (κ1) is 18.1. The molecule has 3 aromatic rings. The Morgan fingerprint density at radius 3 is 2.31 bits per heavy atom. The molecule has 2 aromatic carbocycles. The van der Waals surface area contributed by atoms with Crippen molar-refractivity contribution in [1.29, 1.82) is 0 Å². The van der Waals surface area contributed by atoms with Crippen LogP contribution >= 0.6 is 35.4 Å². The molecule has 0 radical (unpaired) electrons. The van der Waals surface area contributed by atoms with E-state index in [1.807, 2.05) is 0 Å². The van der Waals surface area contributed by atoms with Crippen LogP contribution in [0.15, 0.2) is 47.8 Å². The van der Waals surface area contributed by atoms with Crippen LogP contribution in [-0.2, 0) is 0 Å². The van der Waals surface area contributed by atoms with Gasteiger partial charge >= 0.3 is 0 Å². The Hall–Kier alpha value is -2.75. The molecule has 0 unspecified atom stereocenters. The van der Waals surface area contributed by atoms with Crippen LogP contribution in [0.25, 0.3) is 0 Å². The largest absolute Gasteiger partial charge is 0.399 e. The molecule has 26 heavy (non-hydrogen) atoms. The lowest BCUT2D eigenvalue weighted by Gasteiger charge is -2.12. The van der Waals surface area contributed by atoms with Gasteiger partial charge in [-0.3, -0.25) is 4.79 Å². The third kappa shape index (κ3) is 4.88. The van der Waals surface area contributed by atoms with Gasteiger partial charge in [0.05, 0.1) is 0 Å². The molecule has 1 heterocycles. The van der Waals surface area contributed by atoms with Gasteiger partial charge in [0.25, 0.3) is 5.91 Å². The molecule has 0 bridgehead atoms. The van der Waals surface area contributed by atoms with Gasteiger partial charge in [-0.1, -0.05) is 16.1 Å². The first-order chi connectivity index (χ1) is 12.5. The number of thiocarbonyl (C=S) groups is 1. The molecule has 132 valence electrons. The number of rotatable bonds is 4. The number of amides is 1. The Morgan fingerprint density at radius 2 is 1.69 bits per heavy atom. The summed E-state index contributed by atoms with van der Waals surface area (Å²) in [6.45, 7) is 0. The quantitative estimate of drug-likeness (QED) is 0.386. The van der Waals surface area contributed by atoms with Gasteiger partial charge in [0.1, 0.15) is 0 Å². The molecule has 0 aliphatic heterocycles. The topological polar surface area (TPSA) is 105 Å². The highest BCUT2D eigenvalue weighted by molar-refractivity contribution is 7.80. The molecular formula is C16H13ClN6OS2. The van der Waals surface area contributed by atoms with Gasteiger partial charge in [-0.25, -0.2) is 0 Å². The molecule has 5 N–H and O–H groups in total. The number of carbonyl (C=O) groups excluding carboxylic acids is 1. The minimum absolute atomic E-state index is 0.281. The summed E-state index contributed by atoms with van der Waals surface area (Å²) in [7, 11) is 0. The lowest BCUT2D eigenvalue weighted by atomic mass is 10.2. The zero-order chi connectivity index (χ0) is 18.5. The second-order valence-electron chi connectivity index (χ2n) is 5.17. The van der Waals surface area contributed by atoms with Crippen LogP contribution in [0.3, 0.4) is 0 Å². The summed E-state index contributed by atoms with van der Waals surface area (Å²) in [5, 5.41) is 15.0. The average Bonchev–Trinajstić information content (AvgIpc) is 3.10. The van der Waals surface area contributed by atoms with Crippen LogP contribution in [0.5, 0.6) is 0 Å². The standard InChI is InChI=1S/C16H13ClN6OS2/c17-9-5-10(18)7-13(6-9)21-16(25)20-12-3-1-11(2-4-12)19-15(24)14-8-26-23-22-14/h1-8H,18H2,(H,19,24)(H2,20,21,25). The van der Waals surface area contributed by atoms with E-state index in [2.05, 4.69) is 25.5 Å². The van der Waals surface area contributed by atoms with Crippen LogP contribution in [0.2, 0.25) is 5.02 Å². The van der Waals surface area contributed by atoms with Crippen LogP contribution in [-0.4, -0.2) is 20.6 Å². The molecule has 7 nitrogen and oxygen atoms in total.